The van der Waals surface area contributed by atoms with Crippen molar-refractivity contribution < 1.29 is 9.53 Å². The van der Waals surface area contributed by atoms with Gasteiger partial charge in [-0.25, -0.2) is 0 Å². The van der Waals surface area contributed by atoms with Crippen LogP contribution in [-0.4, -0.2) is 40.5 Å². The second-order valence-electron chi connectivity index (χ2n) is 7.31. The van der Waals surface area contributed by atoms with Gasteiger partial charge in [-0.2, -0.15) is 0 Å². The summed E-state index contributed by atoms with van der Waals surface area (Å²) in [5.74, 6) is 1.90. The third kappa shape index (κ3) is 6.05. The van der Waals surface area contributed by atoms with E-state index in [1.165, 1.54) is 6.21 Å². The lowest BCUT2D eigenvalue weighted by Gasteiger charge is -2.09. The lowest BCUT2D eigenvalue weighted by atomic mass is 10.2. The van der Waals surface area contributed by atoms with E-state index in [1.807, 2.05) is 44.2 Å². The summed E-state index contributed by atoms with van der Waals surface area (Å²) >= 11 is 0. The predicted molar refractivity (Wildman–Crippen MR) is 122 cm³/mol. The van der Waals surface area contributed by atoms with Crippen LogP contribution in [0.15, 0.2) is 42.5 Å². The molecular formula is C22H27N7O2. The van der Waals surface area contributed by atoms with Crippen LogP contribution in [0.1, 0.15) is 25.8 Å². The molecule has 0 saturated heterocycles. The highest BCUT2D eigenvalue weighted by Gasteiger charge is 2.08. The molecule has 0 radical (unpaired) electrons. The van der Waals surface area contributed by atoms with Gasteiger partial charge in [-0.15, -0.1) is 10.2 Å². The Kier molecular flexibility index (Phi) is 7.21. The smallest absolute Gasteiger partial charge is 0.226 e. The molecule has 162 valence electrons. The number of carbonyl (C=O) groups is 1. The number of amides is 1. The van der Waals surface area contributed by atoms with Crippen LogP contribution in [0.5, 0.6) is 5.75 Å². The topological polar surface area (TPSA) is 142 Å². The molecule has 0 aliphatic rings. The zero-order valence-corrected chi connectivity index (χ0v) is 17.6. The summed E-state index contributed by atoms with van der Waals surface area (Å²) in [7, 11) is 0. The van der Waals surface area contributed by atoms with Crippen molar-refractivity contribution in [3.8, 4) is 17.1 Å². The molecule has 9 heteroatoms. The highest BCUT2D eigenvalue weighted by atomic mass is 16.5. The first-order valence-corrected chi connectivity index (χ1v) is 10.1. The fourth-order valence-corrected chi connectivity index (χ4v) is 2.75. The minimum Gasteiger partial charge on any atom is -0.494 e. The summed E-state index contributed by atoms with van der Waals surface area (Å²) in [6.07, 6.45) is 1.94. The van der Waals surface area contributed by atoms with E-state index >= 15 is 0 Å². The average Bonchev–Trinajstić information content (AvgIpc) is 3.23. The van der Waals surface area contributed by atoms with Crippen LogP contribution in [0.4, 0.5) is 17.3 Å². The van der Waals surface area contributed by atoms with Gasteiger partial charge in [0, 0.05) is 41.2 Å². The van der Waals surface area contributed by atoms with Gasteiger partial charge in [-0.1, -0.05) is 13.8 Å². The Hall–Kier alpha value is -3.88. The highest BCUT2D eigenvalue weighted by molar-refractivity contribution is 5.87. The van der Waals surface area contributed by atoms with Crippen molar-refractivity contribution >= 4 is 29.4 Å². The number of rotatable bonds is 10. The monoisotopic (exact) mass is 421 g/mol. The molecule has 0 spiro atoms. The average molecular weight is 422 g/mol. The number of hydrogen-bond donors (Lipinski definition) is 5. The number of nitrogens with one attached hydrogen (secondary N) is 4. The van der Waals surface area contributed by atoms with Crippen LogP contribution < -0.4 is 21.1 Å². The molecule has 6 N–H and O–H groups in total. The molecule has 1 aromatic heterocycles. The van der Waals surface area contributed by atoms with Crippen LogP contribution >= 0.6 is 0 Å². The highest BCUT2D eigenvalue weighted by Crippen LogP contribution is 2.22. The predicted octanol–water partition coefficient (Wildman–Crippen LogP) is 3.34. The second-order valence-corrected chi connectivity index (χ2v) is 7.31. The Morgan fingerprint density at radius 3 is 2.71 bits per heavy atom. The van der Waals surface area contributed by atoms with Crippen molar-refractivity contribution in [2.75, 3.05) is 24.2 Å². The number of aromatic amines is 1. The molecule has 1 heterocycles. The van der Waals surface area contributed by atoms with Gasteiger partial charge in [0.15, 0.2) is 5.82 Å². The van der Waals surface area contributed by atoms with Gasteiger partial charge in [0.05, 0.1) is 6.61 Å². The summed E-state index contributed by atoms with van der Waals surface area (Å²) < 4.78 is 5.72. The number of nitrogen functional groups attached to an aromatic ring is 1. The summed E-state index contributed by atoms with van der Waals surface area (Å²) in [5, 5.41) is 21.7. The minimum atomic E-state index is -0.00836. The molecule has 2 aromatic carbocycles. The van der Waals surface area contributed by atoms with Crippen LogP contribution in [0.2, 0.25) is 0 Å². The van der Waals surface area contributed by atoms with Gasteiger partial charge >= 0.3 is 0 Å². The molecule has 0 saturated carbocycles. The van der Waals surface area contributed by atoms with E-state index in [0.29, 0.717) is 36.2 Å². The maximum Gasteiger partial charge on any atom is 0.226 e. The first-order valence-electron chi connectivity index (χ1n) is 10.1. The fraction of sp³-hybridized carbons (Fsp3) is 0.273. The summed E-state index contributed by atoms with van der Waals surface area (Å²) in [4.78, 5) is 14.6. The van der Waals surface area contributed by atoms with Crippen molar-refractivity contribution in [2.24, 2.45) is 5.92 Å². The number of hydrogen-bond acceptors (Lipinski definition) is 7. The number of carbonyl (C=O) groups excluding carboxylic acids is 1. The Balaban J connectivity index is 1.52. The minimum absolute atomic E-state index is 0.00836. The van der Waals surface area contributed by atoms with E-state index in [2.05, 4.69) is 25.8 Å². The molecule has 3 aromatic rings. The Morgan fingerprint density at radius 1 is 1.23 bits per heavy atom. The number of ether oxygens (including phenoxy) is 1. The van der Waals surface area contributed by atoms with Gasteiger partial charge in [-0.05, 0) is 48.9 Å². The van der Waals surface area contributed by atoms with Gasteiger partial charge in [0.1, 0.15) is 5.75 Å². The Labute approximate surface area is 180 Å². The van der Waals surface area contributed by atoms with Crippen LogP contribution in [-0.2, 0) is 4.79 Å². The second kappa shape index (κ2) is 10.2. The van der Waals surface area contributed by atoms with Gasteiger partial charge < -0.3 is 31.5 Å². The summed E-state index contributed by atoms with van der Waals surface area (Å²) in [6.45, 7) is 4.85. The largest absolute Gasteiger partial charge is 0.494 e. The van der Waals surface area contributed by atoms with Crippen molar-refractivity contribution in [3.63, 3.8) is 0 Å². The van der Waals surface area contributed by atoms with E-state index in [4.69, 9.17) is 15.9 Å². The first kappa shape index (κ1) is 21.8. The van der Waals surface area contributed by atoms with E-state index in [0.717, 1.165) is 23.4 Å². The van der Waals surface area contributed by atoms with Crippen LogP contribution in [0, 0.1) is 11.3 Å². The lowest BCUT2D eigenvalue weighted by molar-refractivity contribution is -0.123. The van der Waals surface area contributed by atoms with Crippen molar-refractivity contribution in [2.45, 2.75) is 20.3 Å². The normalized spacial score (nSPS) is 10.7. The maximum absolute atomic E-state index is 11.5. The molecule has 1 amide bonds. The molecule has 0 unspecified atom stereocenters. The van der Waals surface area contributed by atoms with E-state index in [1.54, 1.807) is 12.1 Å². The van der Waals surface area contributed by atoms with Gasteiger partial charge in [0.2, 0.25) is 11.9 Å². The van der Waals surface area contributed by atoms with Crippen molar-refractivity contribution in [3.05, 3.63) is 48.0 Å². The zero-order chi connectivity index (χ0) is 22.2. The third-order valence-electron chi connectivity index (χ3n) is 4.53. The third-order valence-corrected chi connectivity index (χ3v) is 4.53. The molecular weight excluding hydrogens is 394 g/mol. The summed E-state index contributed by atoms with van der Waals surface area (Å²) in [6, 6.07) is 12.8. The lowest BCUT2D eigenvalue weighted by Crippen LogP contribution is -2.29. The zero-order valence-electron chi connectivity index (χ0n) is 17.6. The molecule has 0 aliphatic carbocycles. The number of nitrogens with two attached hydrogens (primary N) is 1. The van der Waals surface area contributed by atoms with Gasteiger partial charge in [-0.3, -0.25) is 4.79 Å². The van der Waals surface area contributed by atoms with Crippen LogP contribution in [0.25, 0.3) is 11.4 Å². The fourth-order valence-electron chi connectivity index (χ4n) is 2.75. The Bertz CT molecular complexity index is 1030. The number of benzene rings is 2. The number of nitrogens with zero attached hydrogens (tertiary/aromatic N) is 2. The van der Waals surface area contributed by atoms with Gasteiger partial charge in [0.25, 0.3) is 0 Å². The number of anilines is 3. The van der Waals surface area contributed by atoms with E-state index in [9.17, 15) is 4.79 Å². The number of H-pyrrole nitrogens is 1. The SMILES string of the molecule is CC(C)C(=O)NCCCOc1ccc(-c2nnc(Nc3ccc(N)c(C=N)c3)[nH]2)cc1. The molecule has 9 nitrogen and oxygen atoms in total. The van der Waals surface area contributed by atoms with E-state index in [-0.39, 0.29) is 11.8 Å². The van der Waals surface area contributed by atoms with Crippen molar-refractivity contribution in [1.82, 2.24) is 20.5 Å². The molecule has 31 heavy (non-hydrogen) atoms. The quantitative estimate of drug-likeness (QED) is 0.193. The van der Waals surface area contributed by atoms with E-state index < -0.39 is 0 Å². The molecule has 0 bridgehead atoms. The molecule has 0 aliphatic heterocycles. The number of aromatic nitrogens is 3. The van der Waals surface area contributed by atoms with Crippen LogP contribution in [0.3, 0.4) is 0 Å². The molecule has 3 rings (SSSR count). The van der Waals surface area contributed by atoms with Crippen molar-refractivity contribution in [1.29, 1.82) is 5.41 Å². The maximum atomic E-state index is 11.5. The first-order chi connectivity index (χ1) is 15.0. The Morgan fingerprint density at radius 2 is 2.00 bits per heavy atom. The molecule has 0 fully saturated rings. The molecule has 0 atom stereocenters. The standard InChI is InChI=1S/C22H27N7O2/c1-14(2)21(30)25-10-3-11-31-18-7-4-15(5-8-18)20-27-22(29-28-20)26-17-6-9-19(24)16(12-17)13-23/h4-9,12-14,23H,3,10-11,24H2,1-2H3,(H,25,30)(H2,26,27,28,29). The summed E-state index contributed by atoms with van der Waals surface area (Å²) in [5.41, 5.74) is 8.61.